The molecule has 0 aromatic heterocycles. The van der Waals surface area contributed by atoms with E-state index in [0.717, 1.165) is 6.07 Å². The molecule has 0 radical (unpaired) electrons. The zero-order valence-corrected chi connectivity index (χ0v) is 15.3. The summed E-state index contributed by atoms with van der Waals surface area (Å²) in [4.78, 5) is 26.4. The van der Waals surface area contributed by atoms with Crippen molar-refractivity contribution in [3.05, 3.63) is 82.3 Å². The number of amides is 1. The number of hydrogen-bond donors (Lipinski definition) is 0. The lowest BCUT2D eigenvalue weighted by molar-refractivity contribution is -0.138. The summed E-state index contributed by atoms with van der Waals surface area (Å²) in [6, 6.07) is 9.56. The topological polar surface area (TPSA) is 46.6 Å². The second-order valence-electron chi connectivity index (χ2n) is 6.46. The smallest absolute Gasteiger partial charge is 0.336 e. The molecule has 1 amide bonds. The van der Waals surface area contributed by atoms with Crippen LogP contribution in [0.1, 0.15) is 30.4 Å². The van der Waals surface area contributed by atoms with Gasteiger partial charge in [0.05, 0.1) is 19.2 Å². The highest BCUT2D eigenvalue weighted by atomic mass is 19.2. The van der Waals surface area contributed by atoms with E-state index in [1.54, 1.807) is 6.07 Å². The van der Waals surface area contributed by atoms with Crippen molar-refractivity contribution in [3.8, 4) is 0 Å². The van der Waals surface area contributed by atoms with Crippen LogP contribution in [0.5, 0.6) is 0 Å². The molecule has 0 N–H and O–H groups in total. The van der Waals surface area contributed by atoms with Crippen molar-refractivity contribution >= 4 is 11.9 Å². The molecule has 4 nitrogen and oxygen atoms in total. The summed E-state index contributed by atoms with van der Waals surface area (Å²) in [7, 11) is 1.19. The Balaban J connectivity index is 2.07. The van der Waals surface area contributed by atoms with Crippen molar-refractivity contribution in [2.24, 2.45) is 0 Å². The Labute approximate surface area is 160 Å². The molecular formula is C21H18F3NO3. The van der Waals surface area contributed by atoms with E-state index in [-0.39, 0.29) is 35.4 Å². The van der Waals surface area contributed by atoms with E-state index in [2.05, 4.69) is 0 Å². The van der Waals surface area contributed by atoms with Crippen molar-refractivity contribution in [1.29, 1.82) is 0 Å². The Morgan fingerprint density at radius 3 is 2.46 bits per heavy atom. The van der Waals surface area contributed by atoms with Crippen LogP contribution < -0.4 is 0 Å². The quantitative estimate of drug-likeness (QED) is 0.741. The number of halogens is 3. The summed E-state index contributed by atoms with van der Waals surface area (Å²) < 4.78 is 46.7. The molecule has 2 aromatic carbocycles. The first-order chi connectivity index (χ1) is 13.3. The molecule has 1 atom stereocenters. The second kappa shape index (κ2) is 7.88. The van der Waals surface area contributed by atoms with Crippen LogP contribution in [-0.2, 0) is 20.9 Å². The lowest BCUT2D eigenvalue weighted by Crippen LogP contribution is -2.38. The number of carbonyl (C=O) groups is 2. The molecule has 2 aromatic rings. The highest BCUT2D eigenvalue weighted by Crippen LogP contribution is 2.38. The summed E-state index contributed by atoms with van der Waals surface area (Å²) in [5, 5.41) is 0. The molecule has 1 heterocycles. The van der Waals surface area contributed by atoms with Crippen LogP contribution in [0.2, 0.25) is 0 Å². The van der Waals surface area contributed by atoms with Crippen molar-refractivity contribution in [2.75, 3.05) is 7.11 Å². The van der Waals surface area contributed by atoms with E-state index >= 15 is 0 Å². The standard InChI is InChI=1S/C21H18F3NO3/c1-12-19(21(27)28-2)15(14-7-3-4-8-16(14)22)10-18(26)25(12)11-13-6-5-9-17(23)20(13)24/h3-9,15H,10-11H2,1-2H3. The molecule has 0 saturated heterocycles. The normalized spacial score (nSPS) is 17.1. The fourth-order valence-electron chi connectivity index (χ4n) is 3.44. The lowest BCUT2D eigenvalue weighted by Gasteiger charge is -2.34. The van der Waals surface area contributed by atoms with Gasteiger partial charge in [-0.25, -0.2) is 18.0 Å². The van der Waals surface area contributed by atoms with E-state index in [0.29, 0.717) is 0 Å². The van der Waals surface area contributed by atoms with E-state index in [1.165, 1.54) is 49.3 Å². The summed E-state index contributed by atoms with van der Waals surface area (Å²) in [6.45, 7) is 1.26. The van der Waals surface area contributed by atoms with Crippen molar-refractivity contribution in [1.82, 2.24) is 4.90 Å². The van der Waals surface area contributed by atoms with Gasteiger partial charge in [0.15, 0.2) is 11.6 Å². The van der Waals surface area contributed by atoms with Gasteiger partial charge in [-0.15, -0.1) is 0 Å². The molecule has 28 heavy (non-hydrogen) atoms. The Bertz CT molecular complexity index is 971. The molecule has 3 rings (SSSR count). The first kappa shape index (κ1) is 19.7. The predicted octanol–water partition coefficient (Wildman–Crippen LogP) is 4.07. The highest BCUT2D eigenvalue weighted by Gasteiger charge is 2.38. The van der Waals surface area contributed by atoms with Crippen LogP contribution in [0.3, 0.4) is 0 Å². The minimum absolute atomic E-state index is 0.0266. The zero-order valence-electron chi connectivity index (χ0n) is 15.3. The first-order valence-corrected chi connectivity index (χ1v) is 8.62. The molecule has 0 spiro atoms. The van der Waals surface area contributed by atoms with E-state index in [9.17, 15) is 22.8 Å². The van der Waals surface area contributed by atoms with E-state index in [4.69, 9.17) is 4.74 Å². The molecule has 1 aliphatic heterocycles. The van der Waals surface area contributed by atoms with Crippen LogP contribution in [0.25, 0.3) is 0 Å². The van der Waals surface area contributed by atoms with E-state index in [1.807, 2.05) is 0 Å². The molecular weight excluding hydrogens is 371 g/mol. The third-order valence-corrected chi connectivity index (χ3v) is 4.87. The molecule has 7 heteroatoms. The number of methoxy groups -OCH3 is 1. The van der Waals surface area contributed by atoms with Gasteiger partial charge in [-0.2, -0.15) is 0 Å². The fraction of sp³-hybridized carbons (Fsp3) is 0.238. The molecule has 1 unspecified atom stereocenters. The number of rotatable bonds is 4. The molecule has 0 fully saturated rings. The molecule has 0 saturated carbocycles. The number of allylic oxidation sites excluding steroid dienone is 1. The minimum Gasteiger partial charge on any atom is -0.466 e. The minimum atomic E-state index is -1.06. The highest BCUT2D eigenvalue weighted by molar-refractivity contribution is 5.95. The Kier molecular flexibility index (Phi) is 5.53. The van der Waals surface area contributed by atoms with Crippen LogP contribution in [0.15, 0.2) is 53.7 Å². The number of nitrogens with zero attached hydrogens (tertiary/aromatic N) is 1. The van der Waals surface area contributed by atoms with Gasteiger partial charge in [0.2, 0.25) is 5.91 Å². The summed E-state index contributed by atoms with van der Waals surface area (Å²) in [5.74, 6) is -4.58. The number of hydrogen-bond acceptors (Lipinski definition) is 3. The van der Waals surface area contributed by atoms with Gasteiger partial charge in [-0.1, -0.05) is 30.3 Å². The zero-order chi connectivity index (χ0) is 20.4. The molecule has 0 bridgehead atoms. The van der Waals surface area contributed by atoms with Gasteiger partial charge in [0.25, 0.3) is 0 Å². The fourth-order valence-corrected chi connectivity index (χ4v) is 3.44. The third-order valence-electron chi connectivity index (χ3n) is 4.87. The van der Waals surface area contributed by atoms with Crippen molar-refractivity contribution < 1.29 is 27.5 Å². The van der Waals surface area contributed by atoms with Crippen molar-refractivity contribution in [3.63, 3.8) is 0 Å². The maximum absolute atomic E-state index is 14.3. The summed E-state index contributed by atoms with van der Waals surface area (Å²) in [6.07, 6.45) is -0.195. The Morgan fingerprint density at radius 1 is 1.11 bits per heavy atom. The monoisotopic (exact) mass is 389 g/mol. The maximum atomic E-state index is 14.3. The predicted molar refractivity (Wildman–Crippen MR) is 95.4 cm³/mol. The largest absolute Gasteiger partial charge is 0.466 e. The number of benzene rings is 2. The number of esters is 1. The lowest BCUT2D eigenvalue weighted by atomic mass is 9.83. The Morgan fingerprint density at radius 2 is 1.79 bits per heavy atom. The average molecular weight is 389 g/mol. The van der Waals surface area contributed by atoms with Gasteiger partial charge in [-0.3, -0.25) is 4.79 Å². The molecule has 0 aliphatic carbocycles. The number of ether oxygens (including phenoxy) is 1. The second-order valence-corrected chi connectivity index (χ2v) is 6.46. The maximum Gasteiger partial charge on any atom is 0.336 e. The Hall–Kier alpha value is -3.09. The SMILES string of the molecule is COC(=O)C1=C(C)N(Cc2cccc(F)c2F)C(=O)CC1c1ccccc1F. The molecule has 1 aliphatic rings. The summed E-state index contributed by atoms with van der Waals surface area (Å²) >= 11 is 0. The summed E-state index contributed by atoms with van der Waals surface area (Å²) in [5.41, 5.74) is 0.512. The van der Waals surface area contributed by atoms with Gasteiger partial charge >= 0.3 is 5.97 Å². The average Bonchev–Trinajstić information content (AvgIpc) is 2.67. The van der Waals surface area contributed by atoms with Gasteiger partial charge in [-0.05, 0) is 24.6 Å². The van der Waals surface area contributed by atoms with Crippen LogP contribution in [0, 0.1) is 17.5 Å². The van der Waals surface area contributed by atoms with E-state index < -0.39 is 35.2 Å². The van der Waals surface area contributed by atoms with Crippen LogP contribution in [0.4, 0.5) is 13.2 Å². The van der Waals surface area contributed by atoms with Crippen LogP contribution >= 0.6 is 0 Å². The molecule has 146 valence electrons. The van der Waals surface area contributed by atoms with Gasteiger partial charge in [0.1, 0.15) is 5.82 Å². The van der Waals surface area contributed by atoms with Gasteiger partial charge in [0, 0.05) is 23.6 Å². The van der Waals surface area contributed by atoms with Gasteiger partial charge < -0.3 is 9.64 Å². The first-order valence-electron chi connectivity index (χ1n) is 8.62. The van der Waals surface area contributed by atoms with Crippen LogP contribution in [-0.4, -0.2) is 23.9 Å². The number of carbonyl (C=O) groups excluding carboxylic acids is 2. The van der Waals surface area contributed by atoms with Crippen molar-refractivity contribution in [2.45, 2.75) is 25.8 Å². The third kappa shape index (κ3) is 3.52.